The molecule has 1 aromatic carbocycles. The molecule has 0 spiro atoms. The Hall–Kier alpha value is -2.11. The number of rotatable bonds is 7. The second-order valence-electron chi connectivity index (χ2n) is 7.15. The number of nitrogen functional groups attached to an aromatic ring is 1. The molecule has 30 heavy (non-hydrogen) atoms. The number of sulfonamides is 1. The van der Waals surface area contributed by atoms with E-state index in [0.717, 1.165) is 31.4 Å². The maximum absolute atomic E-state index is 12.9. The van der Waals surface area contributed by atoms with E-state index in [1.807, 2.05) is 6.92 Å². The molecule has 1 aliphatic heterocycles. The molecule has 0 saturated carbocycles. The third-order valence-corrected chi connectivity index (χ3v) is 7.79. The first-order valence-electron chi connectivity index (χ1n) is 10.1. The van der Waals surface area contributed by atoms with Crippen LogP contribution in [0.1, 0.15) is 45.6 Å². The summed E-state index contributed by atoms with van der Waals surface area (Å²) < 4.78 is 28.9. The van der Waals surface area contributed by atoms with Crippen molar-refractivity contribution in [3.05, 3.63) is 24.3 Å². The largest absolute Gasteiger partial charge is 0.368 e. The van der Waals surface area contributed by atoms with Crippen LogP contribution in [0.2, 0.25) is 0 Å². The monoisotopic (exact) mass is 452 g/mol. The third kappa shape index (κ3) is 4.96. The van der Waals surface area contributed by atoms with Gasteiger partial charge in [0.2, 0.25) is 21.9 Å². The first kappa shape index (κ1) is 22.6. The summed E-state index contributed by atoms with van der Waals surface area (Å²) in [5.41, 5.74) is 6.39. The van der Waals surface area contributed by atoms with Gasteiger partial charge in [0.15, 0.2) is 5.16 Å². The highest BCUT2D eigenvalue weighted by atomic mass is 32.2. The predicted octanol–water partition coefficient (Wildman–Crippen LogP) is 2.74. The van der Waals surface area contributed by atoms with Crippen molar-refractivity contribution in [1.29, 1.82) is 0 Å². The molecule has 11 heteroatoms. The quantitative estimate of drug-likeness (QED) is 0.619. The van der Waals surface area contributed by atoms with E-state index in [-0.39, 0.29) is 16.8 Å². The van der Waals surface area contributed by atoms with Crippen LogP contribution >= 0.6 is 11.8 Å². The molecule has 1 atom stereocenters. The fraction of sp³-hybridized carbons (Fsp3) is 0.526. The van der Waals surface area contributed by atoms with Crippen LogP contribution in [-0.2, 0) is 14.8 Å². The molecule has 3 rings (SSSR count). The van der Waals surface area contributed by atoms with Crippen LogP contribution in [0.5, 0.6) is 0 Å². The van der Waals surface area contributed by atoms with Gasteiger partial charge in [-0.2, -0.15) is 4.31 Å². The van der Waals surface area contributed by atoms with E-state index in [2.05, 4.69) is 15.5 Å². The van der Waals surface area contributed by atoms with E-state index in [9.17, 15) is 13.2 Å². The average molecular weight is 453 g/mol. The number of anilines is 2. The number of nitrogens with two attached hydrogens (primary N) is 1. The van der Waals surface area contributed by atoms with Crippen molar-refractivity contribution in [1.82, 2.24) is 19.1 Å². The first-order valence-corrected chi connectivity index (χ1v) is 12.5. The summed E-state index contributed by atoms with van der Waals surface area (Å²) in [4.78, 5) is 12.9. The lowest BCUT2D eigenvalue weighted by Crippen LogP contribution is -2.31. The topological polar surface area (TPSA) is 123 Å². The minimum absolute atomic E-state index is 0.174. The number of carbonyl (C=O) groups excluding carboxylic acids is 1. The molecular weight excluding hydrogens is 424 g/mol. The number of nitrogens with one attached hydrogen (secondary N) is 1. The standard InChI is InChI=1S/C19H28N6O3S2/c1-3-29-19-23-22-18(20)25(19)14(2)17(26)21-15-8-10-16(11-9-15)30(27,28)24-12-6-4-5-7-13-24/h8-11,14H,3-7,12-13H2,1-2H3,(H2,20,22)(H,21,26). The molecule has 0 radical (unpaired) electrons. The molecule has 1 aromatic heterocycles. The van der Waals surface area contributed by atoms with Crippen LogP contribution in [0.4, 0.5) is 11.6 Å². The molecule has 1 saturated heterocycles. The zero-order valence-corrected chi connectivity index (χ0v) is 18.9. The fourth-order valence-corrected chi connectivity index (χ4v) is 5.65. The molecule has 1 amide bonds. The van der Waals surface area contributed by atoms with Crippen LogP contribution in [0, 0.1) is 0 Å². The van der Waals surface area contributed by atoms with Gasteiger partial charge in [-0.15, -0.1) is 10.2 Å². The van der Waals surface area contributed by atoms with Crippen molar-refractivity contribution in [2.75, 3.05) is 29.9 Å². The van der Waals surface area contributed by atoms with Gasteiger partial charge in [0.1, 0.15) is 6.04 Å². The molecule has 1 fully saturated rings. The Morgan fingerprint density at radius 3 is 2.40 bits per heavy atom. The van der Waals surface area contributed by atoms with Crippen molar-refractivity contribution in [3.8, 4) is 0 Å². The molecule has 2 heterocycles. The van der Waals surface area contributed by atoms with E-state index < -0.39 is 16.1 Å². The Labute approximate surface area is 181 Å². The molecule has 0 aliphatic carbocycles. The molecule has 3 N–H and O–H groups in total. The van der Waals surface area contributed by atoms with Gasteiger partial charge in [0, 0.05) is 18.8 Å². The highest BCUT2D eigenvalue weighted by molar-refractivity contribution is 7.99. The molecular formula is C19H28N6O3S2. The van der Waals surface area contributed by atoms with E-state index in [1.165, 1.54) is 23.9 Å². The van der Waals surface area contributed by atoms with Crippen molar-refractivity contribution in [3.63, 3.8) is 0 Å². The SMILES string of the molecule is CCSc1nnc(N)n1C(C)C(=O)Nc1ccc(S(=O)(=O)N2CCCCCC2)cc1. The number of benzene rings is 1. The Balaban J connectivity index is 1.71. The molecule has 2 aromatic rings. The lowest BCUT2D eigenvalue weighted by molar-refractivity contribution is -0.118. The van der Waals surface area contributed by atoms with Crippen molar-refractivity contribution < 1.29 is 13.2 Å². The second kappa shape index (κ2) is 9.80. The summed E-state index contributed by atoms with van der Waals surface area (Å²) in [7, 11) is -3.52. The van der Waals surface area contributed by atoms with Crippen LogP contribution in [-0.4, -0.2) is 52.2 Å². The Morgan fingerprint density at radius 1 is 1.17 bits per heavy atom. The summed E-state index contributed by atoms with van der Waals surface area (Å²) in [5.74, 6) is 0.662. The minimum atomic E-state index is -3.52. The number of thioether (sulfide) groups is 1. The highest BCUT2D eigenvalue weighted by Gasteiger charge is 2.26. The first-order chi connectivity index (χ1) is 14.3. The van der Waals surface area contributed by atoms with E-state index in [0.29, 0.717) is 23.9 Å². The Kier molecular flexibility index (Phi) is 7.37. The van der Waals surface area contributed by atoms with E-state index in [4.69, 9.17) is 5.73 Å². The zero-order valence-electron chi connectivity index (χ0n) is 17.2. The molecule has 1 aliphatic rings. The smallest absolute Gasteiger partial charge is 0.247 e. The minimum Gasteiger partial charge on any atom is -0.368 e. The number of hydrogen-bond donors (Lipinski definition) is 2. The maximum atomic E-state index is 12.9. The van der Waals surface area contributed by atoms with Crippen molar-refractivity contribution in [2.24, 2.45) is 0 Å². The van der Waals surface area contributed by atoms with Gasteiger partial charge in [0.25, 0.3) is 0 Å². The number of amides is 1. The normalized spacial score (nSPS) is 16.7. The summed E-state index contributed by atoms with van der Waals surface area (Å²) in [6.45, 7) is 4.80. The van der Waals surface area contributed by atoms with Gasteiger partial charge in [0.05, 0.1) is 4.90 Å². The van der Waals surface area contributed by atoms with Crippen molar-refractivity contribution in [2.45, 2.75) is 55.6 Å². The predicted molar refractivity (Wildman–Crippen MR) is 118 cm³/mol. The van der Waals surface area contributed by atoms with Gasteiger partial charge in [-0.25, -0.2) is 8.42 Å². The van der Waals surface area contributed by atoms with E-state index >= 15 is 0 Å². The zero-order chi connectivity index (χ0) is 21.7. The number of hydrogen-bond acceptors (Lipinski definition) is 7. The summed E-state index contributed by atoms with van der Waals surface area (Å²) in [6, 6.07) is 5.66. The van der Waals surface area contributed by atoms with Crippen LogP contribution in [0.3, 0.4) is 0 Å². The average Bonchev–Trinajstić information content (AvgIpc) is 2.93. The molecule has 0 bridgehead atoms. The van der Waals surface area contributed by atoms with Crippen LogP contribution in [0.25, 0.3) is 0 Å². The Bertz CT molecular complexity index is 967. The number of carbonyl (C=O) groups is 1. The third-order valence-electron chi connectivity index (χ3n) is 5.06. The number of aromatic nitrogens is 3. The van der Waals surface area contributed by atoms with Crippen LogP contribution in [0.15, 0.2) is 34.3 Å². The van der Waals surface area contributed by atoms with Crippen LogP contribution < -0.4 is 11.1 Å². The van der Waals surface area contributed by atoms with Gasteiger partial charge in [-0.05, 0) is 49.8 Å². The van der Waals surface area contributed by atoms with Gasteiger partial charge >= 0.3 is 0 Å². The van der Waals surface area contributed by atoms with Gasteiger partial charge < -0.3 is 11.1 Å². The molecule has 1 unspecified atom stereocenters. The summed E-state index contributed by atoms with van der Waals surface area (Å²) >= 11 is 1.45. The van der Waals surface area contributed by atoms with Gasteiger partial charge in [-0.3, -0.25) is 9.36 Å². The summed E-state index contributed by atoms with van der Waals surface area (Å²) in [5, 5.41) is 11.2. The van der Waals surface area contributed by atoms with Gasteiger partial charge in [-0.1, -0.05) is 31.5 Å². The second-order valence-corrected chi connectivity index (χ2v) is 10.3. The summed E-state index contributed by atoms with van der Waals surface area (Å²) in [6.07, 6.45) is 3.89. The van der Waals surface area contributed by atoms with Crippen molar-refractivity contribution >= 4 is 39.3 Å². The highest BCUT2D eigenvalue weighted by Crippen LogP contribution is 2.25. The lowest BCUT2D eigenvalue weighted by atomic mass is 10.2. The fourth-order valence-electron chi connectivity index (χ4n) is 3.39. The maximum Gasteiger partial charge on any atom is 0.247 e. The lowest BCUT2D eigenvalue weighted by Gasteiger charge is -2.20. The molecule has 164 valence electrons. The van der Waals surface area contributed by atoms with E-state index in [1.54, 1.807) is 27.9 Å². The Morgan fingerprint density at radius 2 is 1.80 bits per heavy atom. The number of nitrogens with zero attached hydrogens (tertiary/aromatic N) is 4. The molecule has 9 nitrogen and oxygen atoms in total.